The molecule has 21 heavy (non-hydrogen) atoms. The molecule has 2 nitrogen and oxygen atoms in total. The van der Waals surface area contributed by atoms with Crippen LogP contribution in [0, 0.1) is 5.41 Å². The van der Waals surface area contributed by atoms with Crippen molar-refractivity contribution in [2.24, 2.45) is 5.41 Å². The Hall–Kier alpha value is -1.54. The molecular weight excluding hydrogens is 260 g/mol. The standard InChI is InChI=1S/C19H22O2/c1-19-10-9-15-14-6-4-13(21-2)11-12(14)3-5-16(15)17(19)7-8-18(19)20/h4,6,9,11,18,20H,3,5,7-8,10H2,1-2H3/t18-,19-/m0/s1. The summed E-state index contributed by atoms with van der Waals surface area (Å²) in [6.07, 6.45) is 7.32. The smallest absolute Gasteiger partial charge is 0.119 e. The number of hydrogen-bond acceptors (Lipinski definition) is 2. The second kappa shape index (κ2) is 4.48. The molecule has 1 saturated carbocycles. The lowest BCUT2D eigenvalue weighted by Crippen LogP contribution is -2.30. The maximum atomic E-state index is 10.4. The van der Waals surface area contributed by atoms with E-state index in [-0.39, 0.29) is 11.5 Å². The van der Waals surface area contributed by atoms with Gasteiger partial charge in [0, 0.05) is 5.41 Å². The lowest BCUT2D eigenvalue weighted by atomic mass is 9.68. The average Bonchev–Trinajstić information content (AvgIpc) is 2.82. The number of aryl methyl sites for hydroxylation is 1. The third kappa shape index (κ3) is 1.75. The van der Waals surface area contributed by atoms with Crippen molar-refractivity contribution in [3.8, 4) is 5.75 Å². The van der Waals surface area contributed by atoms with Crippen molar-refractivity contribution in [3.05, 3.63) is 46.5 Å². The van der Waals surface area contributed by atoms with E-state index < -0.39 is 0 Å². The zero-order valence-corrected chi connectivity index (χ0v) is 12.8. The zero-order valence-electron chi connectivity index (χ0n) is 12.8. The Kier molecular flexibility index (Phi) is 2.80. The first-order valence-electron chi connectivity index (χ1n) is 7.92. The summed E-state index contributed by atoms with van der Waals surface area (Å²) >= 11 is 0. The molecule has 0 radical (unpaired) electrons. The van der Waals surface area contributed by atoms with Crippen molar-refractivity contribution in [1.29, 1.82) is 0 Å². The van der Waals surface area contributed by atoms with Crippen LogP contribution in [0.5, 0.6) is 5.75 Å². The minimum atomic E-state index is -0.171. The summed E-state index contributed by atoms with van der Waals surface area (Å²) in [4.78, 5) is 0. The SMILES string of the molecule is COc1ccc2c(c1)CCC1=C3CC[C@H](O)[C@@]3(C)CC=C12. The van der Waals surface area contributed by atoms with Crippen molar-refractivity contribution < 1.29 is 9.84 Å². The summed E-state index contributed by atoms with van der Waals surface area (Å²) in [6.45, 7) is 2.24. The zero-order chi connectivity index (χ0) is 14.6. The van der Waals surface area contributed by atoms with Crippen molar-refractivity contribution >= 4 is 5.57 Å². The molecule has 0 saturated heterocycles. The number of fused-ring (bicyclic) bond motifs is 4. The molecule has 2 heteroatoms. The maximum Gasteiger partial charge on any atom is 0.119 e. The largest absolute Gasteiger partial charge is 0.497 e. The summed E-state index contributed by atoms with van der Waals surface area (Å²) in [6, 6.07) is 6.44. The topological polar surface area (TPSA) is 29.5 Å². The Morgan fingerprint density at radius 3 is 2.90 bits per heavy atom. The summed E-state index contributed by atoms with van der Waals surface area (Å²) in [5, 5.41) is 10.4. The van der Waals surface area contributed by atoms with Gasteiger partial charge in [0.25, 0.3) is 0 Å². The highest BCUT2D eigenvalue weighted by molar-refractivity contribution is 5.85. The van der Waals surface area contributed by atoms with Gasteiger partial charge in [0.15, 0.2) is 0 Å². The molecule has 110 valence electrons. The van der Waals surface area contributed by atoms with Crippen LogP contribution in [0.2, 0.25) is 0 Å². The molecule has 0 heterocycles. The van der Waals surface area contributed by atoms with Crippen molar-refractivity contribution in [3.63, 3.8) is 0 Å². The van der Waals surface area contributed by atoms with Crippen LogP contribution >= 0.6 is 0 Å². The fourth-order valence-electron chi connectivity index (χ4n) is 4.43. The highest BCUT2D eigenvalue weighted by atomic mass is 16.5. The molecule has 1 fully saturated rings. The van der Waals surface area contributed by atoms with Crippen LogP contribution < -0.4 is 4.74 Å². The van der Waals surface area contributed by atoms with Gasteiger partial charge in [-0.2, -0.15) is 0 Å². The van der Waals surface area contributed by atoms with E-state index in [9.17, 15) is 5.11 Å². The van der Waals surface area contributed by atoms with Gasteiger partial charge in [-0.3, -0.25) is 0 Å². The van der Waals surface area contributed by atoms with Crippen LogP contribution in [0.3, 0.4) is 0 Å². The minimum absolute atomic E-state index is 0.0111. The third-order valence-electron chi connectivity index (χ3n) is 5.76. The van der Waals surface area contributed by atoms with E-state index in [1.165, 1.54) is 27.8 Å². The molecule has 3 aliphatic rings. The second-order valence-electron chi connectivity index (χ2n) is 6.77. The predicted molar refractivity (Wildman–Crippen MR) is 84.3 cm³/mol. The highest BCUT2D eigenvalue weighted by Crippen LogP contribution is 2.54. The van der Waals surface area contributed by atoms with Gasteiger partial charge in [-0.1, -0.05) is 24.6 Å². The minimum Gasteiger partial charge on any atom is -0.497 e. The molecule has 0 unspecified atom stereocenters. The summed E-state index contributed by atoms with van der Waals surface area (Å²) < 4.78 is 5.35. The molecule has 4 rings (SSSR count). The first-order chi connectivity index (χ1) is 10.1. The Labute approximate surface area is 126 Å². The van der Waals surface area contributed by atoms with Crippen LogP contribution in [0.1, 0.15) is 43.7 Å². The van der Waals surface area contributed by atoms with Crippen molar-refractivity contribution in [1.82, 2.24) is 0 Å². The monoisotopic (exact) mass is 282 g/mol. The summed E-state index contributed by atoms with van der Waals surface area (Å²) in [5.41, 5.74) is 7.20. The molecule has 1 N–H and O–H groups in total. The summed E-state index contributed by atoms with van der Waals surface area (Å²) in [5.74, 6) is 0.947. The molecule has 0 bridgehead atoms. The van der Waals surface area contributed by atoms with E-state index in [1.54, 1.807) is 7.11 Å². The van der Waals surface area contributed by atoms with Crippen LogP contribution in [0.4, 0.5) is 0 Å². The number of rotatable bonds is 1. The normalized spacial score (nSPS) is 30.4. The van der Waals surface area contributed by atoms with Gasteiger partial charge in [0.05, 0.1) is 13.2 Å². The number of benzene rings is 1. The average molecular weight is 282 g/mol. The highest BCUT2D eigenvalue weighted by Gasteiger charge is 2.45. The first-order valence-corrected chi connectivity index (χ1v) is 7.92. The lowest BCUT2D eigenvalue weighted by molar-refractivity contribution is 0.0847. The van der Waals surface area contributed by atoms with Crippen LogP contribution in [-0.4, -0.2) is 18.3 Å². The van der Waals surface area contributed by atoms with E-state index in [0.29, 0.717) is 0 Å². The molecule has 0 amide bonds. The third-order valence-corrected chi connectivity index (χ3v) is 5.76. The van der Waals surface area contributed by atoms with Gasteiger partial charge >= 0.3 is 0 Å². The number of hydrogen-bond donors (Lipinski definition) is 1. The molecule has 0 spiro atoms. The number of allylic oxidation sites excluding steroid dienone is 3. The first kappa shape index (κ1) is 13.1. The van der Waals surface area contributed by atoms with Crippen molar-refractivity contribution in [2.45, 2.75) is 45.1 Å². The van der Waals surface area contributed by atoms with Gasteiger partial charge in [-0.05, 0) is 66.5 Å². The molecule has 3 aliphatic carbocycles. The summed E-state index contributed by atoms with van der Waals surface area (Å²) in [7, 11) is 1.73. The van der Waals surface area contributed by atoms with E-state index in [0.717, 1.165) is 37.9 Å². The van der Waals surface area contributed by atoms with Crippen LogP contribution in [0.25, 0.3) is 5.57 Å². The van der Waals surface area contributed by atoms with Gasteiger partial charge in [0.2, 0.25) is 0 Å². The van der Waals surface area contributed by atoms with Crippen LogP contribution in [-0.2, 0) is 6.42 Å². The van der Waals surface area contributed by atoms with Gasteiger partial charge in [0.1, 0.15) is 5.75 Å². The van der Waals surface area contributed by atoms with Crippen LogP contribution in [0.15, 0.2) is 35.4 Å². The Balaban J connectivity index is 1.83. The molecule has 1 aromatic rings. The molecule has 0 aliphatic heterocycles. The lowest BCUT2D eigenvalue weighted by Gasteiger charge is -2.37. The number of aliphatic hydroxyl groups is 1. The Morgan fingerprint density at radius 2 is 2.10 bits per heavy atom. The Morgan fingerprint density at radius 1 is 1.24 bits per heavy atom. The molecule has 2 atom stereocenters. The predicted octanol–water partition coefficient (Wildman–Crippen LogP) is 3.89. The fraction of sp³-hybridized carbons (Fsp3) is 0.474. The Bertz CT molecular complexity index is 668. The molecule has 1 aromatic carbocycles. The van der Waals surface area contributed by atoms with E-state index in [4.69, 9.17) is 4.74 Å². The molecule has 0 aromatic heterocycles. The van der Waals surface area contributed by atoms with Crippen molar-refractivity contribution in [2.75, 3.05) is 7.11 Å². The molecular formula is C19H22O2. The van der Waals surface area contributed by atoms with Gasteiger partial charge in [-0.25, -0.2) is 0 Å². The van der Waals surface area contributed by atoms with E-state index >= 15 is 0 Å². The van der Waals surface area contributed by atoms with E-state index in [1.807, 2.05) is 0 Å². The quantitative estimate of drug-likeness (QED) is 0.847. The van der Waals surface area contributed by atoms with E-state index in [2.05, 4.69) is 31.2 Å². The number of ether oxygens (including phenoxy) is 1. The van der Waals surface area contributed by atoms with Gasteiger partial charge < -0.3 is 9.84 Å². The maximum absolute atomic E-state index is 10.4. The van der Waals surface area contributed by atoms with Gasteiger partial charge in [-0.15, -0.1) is 0 Å². The second-order valence-corrected chi connectivity index (χ2v) is 6.77. The number of methoxy groups -OCH3 is 1. The fourth-order valence-corrected chi connectivity index (χ4v) is 4.43. The number of aliphatic hydroxyl groups excluding tert-OH is 1.